The van der Waals surface area contributed by atoms with Crippen LogP contribution in [0.3, 0.4) is 0 Å². The molecule has 1 aromatic carbocycles. The first-order valence-electron chi connectivity index (χ1n) is 9.27. The summed E-state index contributed by atoms with van der Waals surface area (Å²) in [4.78, 5) is 9.31. The standard InChI is InChI=1S/C19H30BrN5.HI/c1-14(24(3)16-8-9-16)12-22-19(21-2)23-15-10-11-25(13-15)18-7-5-4-6-17(18)20;/h4-7,14-16H,8-13H2,1-3H3,(H2,21,22,23);1H. The topological polar surface area (TPSA) is 42.9 Å². The van der Waals surface area contributed by atoms with Crippen molar-refractivity contribution < 1.29 is 0 Å². The third-order valence-electron chi connectivity index (χ3n) is 5.33. The van der Waals surface area contributed by atoms with E-state index in [9.17, 15) is 0 Å². The molecule has 5 nitrogen and oxygen atoms in total. The Balaban J connectivity index is 0.00000243. The Morgan fingerprint density at radius 2 is 2.08 bits per heavy atom. The quantitative estimate of drug-likeness (QED) is 0.333. The van der Waals surface area contributed by atoms with E-state index in [0.717, 1.165) is 42.5 Å². The lowest BCUT2D eigenvalue weighted by Crippen LogP contribution is -2.48. The van der Waals surface area contributed by atoms with Crippen molar-refractivity contribution in [2.75, 3.05) is 38.6 Å². The van der Waals surface area contributed by atoms with Gasteiger partial charge >= 0.3 is 0 Å². The summed E-state index contributed by atoms with van der Waals surface area (Å²) >= 11 is 3.66. The van der Waals surface area contributed by atoms with Crippen molar-refractivity contribution in [1.29, 1.82) is 0 Å². The van der Waals surface area contributed by atoms with Gasteiger partial charge in [-0.2, -0.15) is 0 Å². The minimum Gasteiger partial charge on any atom is -0.368 e. The molecule has 26 heavy (non-hydrogen) atoms. The van der Waals surface area contributed by atoms with Crippen molar-refractivity contribution in [3.05, 3.63) is 28.7 Å². The molecule has 2 aliphatic rings. The van der Waals surface area contributed by atoms with Gasteiger partial charge < -0.3 is 15.5 Å². The molecule has 0 aromatic heterocycles. The van der Waals surface area contributed by atoms with E-state index >= 15 is 0 Å². The van der Waals surface area contributed by atoms with E-state index in [1.807, 2.05) is 7.05 Å². The Kier molecular flexibility index (Phi) is 8.47. The zero-order chi connectivity index (χ0) is 17.8. The smallest absolute Gasteiger partial charge is 0.191 e. The number of nitrogens with one attached hydrogen (secondary N) is 2. The number of nitrogens with zero attached hydrogens (tertiary/aromatic N) is 3. The van der Waals surface area contributed by atoms with Gasteiger partial charge in [0.25, 0.3) is 0 Å². The van der Waals surface area contributed by atoms with Gasteiger partial charge in [-0.1, -0.05) is 12.1 Å². The van der Waals surface area contributed by atoms with Crippen LogP contribution in [-0.2, 0) is 0 Å². The molecule has 0 radical (unpaired) electrons. The number of hydrogen-bond acceptors (Lipinski definition) is 3. The molecule has 1 heterocycles. The predicted molar refractivity (Wildman–Crippen MR) is 125 cm³/mol. The van der Waals surface area contributed by atoms with Crippen molar-refractivity contribution in [3.63, 3.8) is 0 Å². The summed E-state index contributed by atoms with van der Waals surface area (Å²) in [5.74, 6) is 0.912. The van der Waals surface area contributed by atoms with Crippen LogP contribution in [0.25, 0.3) is 0 Å². The zero-order valence-corrected chi connectivity index (χ0v) is 19.8. The van der Waals surface area contributed by atoms with Gasteiger partial charge in [0.05, 0.1) is 5.69 Å². The van der Waals surface area contributed by atoms with E-state index in [4.69, 9.17) is 0 Å². The molecule has 2 N–H and O–H groups in total. The van der Waals surface area contributed by atoms with E-state index in [0.29, 0.717) is 12.1 Å². The lowest BCUT2D eigenvalue weighted by Gasteiger charge is -2.26. The number of halogens is 2. The average Bonchev–Trinajstić information content (AvgIpc) is 3.37. The summed E-state index contributed by atoms with van der Waals surface area (Å²) in [6, 6.07) is 10.2. The summed E-state index contributed by atoms with van der Waals surface area (Å²) in [6.07, 6.45) is 3.82. The summed E-state index contributed by atoms with van der Waals surface area (Å²) in [5, 5.41) is 7.08. The molecule has 2 unspecified atom stereocenters. The fourth-order valence-electron chi connectivity index (χ4n) is 3.42. The van der Waals surface area contributed by atoms with Crippen molar-refractivity contribution in [1.82, 2.24) is 15.5 Å². The van der Waals surface area contributed by atoms with E-state index < -0.39 is 0 Å². The van der Waals surface area contributed by atoms with Crippen molar-refractivity contribution in [2.45, 2.75) is 44.3 Å². The Morgan fingerprint density at radius 1 is 1.35 bits per heavy atom. The van der Waals surface area contributed by atoms with Crippen molar-refractivity contribution in [3.8, 4) is 0 Å². The van der Waals surface area contributed by atoms with Crippen molar-refractivity contribution in [2.24, 2.45) is 4.99 Å². The third-order valence-corrected chi connectivity index (χ3v) is 6.00. The van der Waals surface area contributed by atoms with Crippen LogP contribution in [0, 0.1) is 0 Å². The van der Waals surface area contributed by atoms with Gasteiger partial charge in [0.15, 0.2) is 5.96 Å². The normalized spacial score (nSPS) is 21.5. The molecular weight excluding hydrogens is 505 g/mol. The van der Waals surface area contributed by atoms with E-state index in [2.05, 4.69) is 79.6 Å². The van der Waals surface area contributed by atoms with Gasteiger partial charge in [-0.25, -0.2) is 0 Å². The molecule has 1 aliphatic heterocycles. The van der Waals surface area contributed by atoms with Crippen LogP contribution >= 0.6 is 39.9 Å². The number of aliphatic imine (C=N–C) groups is 1. The molecule has 146 valence electrons. The van der Waals surface area contributed by atoms with Crippen LogP contribution in [0.1, 0.15) is 26.2 Å². The fraction of sp³-hybridized carbons (Fsp3) is 0.632. The molecule has 2 atom stereocenters. The minimum atomic E-state index is 0. The van der Waals surface area contributed by atoms with Gasteiger partial charge in [0.1, 0.15) is 0 Å². The summed E-state index contributed by atoms with van der Waals surface area (Å²) < 4.78 is 1.16. The van der Waals surface area contributed by atoms with E-state index in [1.54, 1.807) is 0 Å². The second-order valence-electron chi connectivity index (χ2n) is 7.23. The molecule has 1 aliphatic carbocycles. The maximum atomic E-state index is 4.41. The van der Waals surface area contributed by atoms with Crippen LogP contribution < -0.4 is 15.5 Å². The highest BCUT2D eigenvalue weighted by Gasteiger charge is 2.29. The number of benzene rings is 1. The van der Waals surface area contributed by atoms with Gasteiger partial charge in [-0.3, -0.25) is 9.89 Å². The number of para-hydroxylation sites is 1. The first kappa shape index (κ1) is 21.8. The Labute approximate surface area is 183 Å². The number of anilines is 1. The van der Waals surface area contributed by atoms with Gasteiger partial charge in [-0.05, 0) is 61.3 Å². The molecule has 1 saturated heterocycles. The largest absolute Gasteiger partial charge is 0.368 e. The van der Waals surface area contributed by atoms with Crippen LogP contribution in [0.15, 0.2) is 33.7 Å². The van der Waals surface area contributed by atoms with Gasteiger partial charge in [0, 0.05) is 49.3 Å². The van der Waals surface area contributed by atoms with Crippen LogP contribution in [0.5, 0.6) is 0 Å². The van der Waals surface area contributed by atoms with E-state index in [1.165, 1.54) is 18.5 Å². The molecule has 1 aromatic rings. The third kappa shape index (κ3) is 5.73. The summed E-state index contributed by atoms with van der Waals surface area (Å²) in [7, 11) is 4.08. The number of guanidine groups is 1. The molecule has 0 bridgehead atoms. The molecular formula is C19H31BrIN5. The maximum absolute atomic E-state index is 4.41. The maximum Gasteiger partial charge on any atom is 0.191 e. The monoisotopic (exact) mass is 535 g/mol. The lowest BCUT2D eigenvalue weighted by atomic mass is 10.2. The van der Waals surface area contributed by atoms with E-state index in [-0.39, 0.29) is 24.0 Å². The fourth-order valence-corrected chi connectivity index (χ4v) is 3.96. The highest BCUT2D eigenvalue weighted by Crippen LogP contribution is 2.28. The number of likely N-dealkylation sites (N-methyl/N-ethyl adjacent to an activating group) is 1. The average molecular weight is 536 g/mol. The molecule has 0 spiro atoms. The Hall–Kier alpha value is -0.540. The van der Waals surface area contributed by atoms with Crippen LogP contribution in [0.2, 0.25) is 0 Å². The SMILES string of the molecule is CN=C(NCC(C)N(C)C1CC1)NC1CCN(c2ccccc2Br)C1.I. The molecule has 2 fully saturated rings. The van der Waals surface area contributed by atoms with Gasteiger partial charge in [-0.15, -0.1) is 24.0 Å². The summed E-state index contributed by atoms with van der Waals surface area (Å²) in [6.45, 7) is 5.27. The Bertz CT molecular complexity index is 607. The first-order chi connectivity index (χ1) is 12.1. The number of rotatable bonds is 6. The zero-order valence-electron chi connectivity index (χ0n) is 15.9. The summed E-state index contributed by atoms with van der Waals surface area (Å²) in [5.41, 5.74) is 1.27. The molecule has 7 heteroatoms. The second kappa shape index (κ2) is 10.1. The molecule has 3 rings (SSSR count). The Morgan fingerprint density at radius 3 is 2.73 bits per heavy atom. The minimum absolute atomic E-state index is 0. The first-order valence-corrected chi connectivity index (χ1v) is 10.1. The highest BCUT2D eigenvalue weighted by molar-refractivity contribution is 14.0. The predicted octanol–water partition coefficient (Wildman–Crippen LogP) is 3.29. The van der Waals surface area contributed by atoms with Gasteiger partial charge in [0.2, 0.25) is 0 Å². The molecule has 1 saturated carbocycles. The lowest BCUT2D eigenvalue weighted by molar-refractivity contribution is 0.247. The number of hydrogen-bond donors (Lipinski definition) is 2. The van der Waals surface area contributed by atoms with Crippen LogP contribution in [0.4, 0.5) is 5.69 Å². The molecule has 0 amide bonds. The second-order valence-corrected chi connectivity index (χ2v) is 8.08. The van der Waals surface area contributed by atoms with Crippen molar-refractivity contribution >= 4 is 51.6 Å². The van der Waals surface area contributed by atoms with Crippen LogP contribution in [-0.4, -0.2) is 62.7 Å². The highest BCUT2D eigenvalue weighted by atomic mass is 127.